The summed E-state index contributed by atoms with van der Waals surface area (Å²) in [6.07, 6.45) is -0.523. The van der Waals surface area contributed by atoms with Crippen LogP contribution in [-0.4, -0.2) is 23.8 Å². The SMILES string of the molecule is COc1ccc(C(O)C(NC(C)(C)C)C(C)C)cc1. The van der Waals surface area contributed by atoms with Crippen molar-refractivity contribution in [3.63, 3.8) is 0 Å². The normalized spacial score (nSPS) is 15.4. The Labute approximate surface area is 117 Å². The van der Waals surface area contributed by atoms with Crippen LogP contribution >= 0.6 is 0 Å². The van der Waals surface area contributed by atoms with Crippen LogP contribution in [-0.2, 0) is 0 Å². The molecule has 19 heavy (non-hydrogen) atoms. The molecule has 3 heteroatoms. The van der Waals surface area contributed by atoms with Gasteiger partial charge in [0.25, 0.3) is 0 Å². The van der Waals surface area contributed by atoms with Crippen LogP contribution in [0.4, 0.5) is 0 Å². The molecule has 0 aliphatic carbocycles. The number of aliphatic hydroxyl groups excluding tert-OH is 1. The minimum atomic E-state index is -0.523. The number of hydrogen-bond donors (Lipinski definition) is 2. The van der Waals surface area contributed by atoms with Gasteiger partial charge in [0.2, 0.25) is 0 Å². The molecule has 0 spiro atoms. The zero-order chi connectivity index (χ0) is 14.6. The third-order valence-corrected chi connectivity index (χ3v) is 3.12. The second-order valence-electron chi connectivity index (χ2n) is 6.38. The molecule has 0 aliphatic heterocycles. The summed E-state index contributed by atoms with van der Waals surface area (Å²) in [7, 11) is 1.64. The van der Waals surface area contributed by atoms with Crippen molar-refractivity contribution in [1.29, 1.82) is 0 Å². The van der Waals surface area contributed by atoms with Crippen LogP contribution < -0.4 is 10.1 Å². The highest BCUT2D eigenvalue weighted by atomic mass is 16.5. The number of hydrogen-bond acceptors (Lipinski definition) is 3. The quantitative estimate of drug-likeness (QED) is 0.859. The van der Waals surface area contributed by atoms with Gasteiger partial charge in [-0.2, -0.15) is 0 Å². The number of aliphatic hydroxyl groups is 1. The predicted octanol–water partition coefficient (Wildman–Crippen LogP) is 3.14. The Morgan fingerprint density at radius 1 is 1.11 bits per heavy atom. The number of ether oxygens (including phenoxy) is 1. The number of methoxy groups -OCH3 is 1. The average Bonchev–Trinajstić information content (AvgIpc) is 2.34. The van der Waals surface area contributed by atoms with Crippen molar-refractivity contribution in [2.24, 2.45) is 5.92 Å². The largest absolute Gasteiger partial charge is 0.497 e. The first-order chi connectivity index (χ1) is 8.74. The van der Waals surface area contributed by atoms with Crippen molar-refractivity contribution >= 4 is 0 Å². The number of benzene rings is 1. The highest BCUT2D eigenvalue weighted by molar-refractivity contribution is 5.29. The van der Waals surface area contributed by atoms with Gasteiger partial charge in [-0.3, -0.25) is 0 Å². The fraction of sp³-hybridized carbons (Fsp3) is 0.625. The van der Waals surface area contributed by atoms with E-state index in [1.54, 1.807) is 7.11 Å². The van der Waals surface area contributed by atoms with Gasteiger partial charge in [-0.25, -0.2) is 0 Å². The van der Waals surface area contributed by atoms with Gasteiger partial charge in [-0.1, -0.05) is 26.0 Å². The number of nitrogens with one attached hydrogen (secondary N) is 1. The molecule has 0 fully saturated rings. The molecule has 0 amide bonds. The third-order valence-electron chi connectivity index (χ3n) is 3.12. The van der Waals surface area contributed by atoms with Gasteiger partial charge < -0.3 is 15.2 Å². The Hall–Kier alpha value is -1.06. The molecule has 0 saturated carbocycles. The summed E-state index contributed by atoms with van der Waals surface area (Å²) in [6, 6.07) is 7.63. The van der Waals surface area contributed by atoms with E-state index in [0.29, 0.717) is 5.92 Å². The van der Waals surface area contributed by atoms with Crippen molar-refractivity contribution in [2.45, 2.75) is 52.3 Å². The summed E-state index contributed by atoms with van der Waals surface area (Å²) >= 11 is 0. The highest BCUT2D eigenvalue weighted by Crippen LogP contribution is 2.25. The van der Waals surface area contributed by atoms with Gasteiger partial charge in [0, 0.05) is 11.6 Å². The van der Waals surface area contributed by atoms with E-state index in [1.165, 1.54) is 0 Å². The minimum absolute atomic E-state index is 0.0217. The van der Waals surface area contributed by atoms with E-state index in [0.717, 1.165) is 11.3 Å². The van der Waals surface area contributed by atoms with E-state index in [-0.39, 0.29) is 11.6 Å². The molecule has 2 N–H and O–H groups in total. The van der Waals surface area contributed by atoms with Gasteiger partial charge in [0.1, 0.15) is 5.75 Å². The van der Waals surface area contributed by atoms with Gasteiger partial charge in [-0.15, -0.1) is 0 Å². The van der Waals surface area contributed by atoms with Gasteiger partial charge in [-0.05, 0) is 44.4 Å². The lowest BCUT2D eigenvalue weighted by Crippen LogP contribution is -2.49. The highest BCUT2D eigenvalue weighted by Gasteiger charge is 2.27. The summed E-state index contributed by atoms with van der Waals surface area (Å²) in [5.41, 5.74) is 0.888. The van der Waals surface area contributed by atoms with Crippen molar-refractivity contribution in [1.82, 2.24) is 5.32 Å². The monoisotopic (exact) mass is 265 g/mol. The first-order valence-corrected chi connectivity index (χ1v) is 6.84. The van der Waals surface area contributed by atoms with E-state index in [1.807, 2.05) is 24.3 Å². The van der Waals surface area contributed by atoms with Crippen LogP contribution in [0.25, 0.3) is 0 Å². The topological polar surface area (TPSA) is 41.5 Å². The molecule has 0 heterocycles. The summed E-state index contributed by atoms with van der Waals surface area (Å²) in [5, 5.41) is 14.1. The first kappa shape index (κ1) is 16.0. The maximum absolute atomic E-state index is 10.6. The molecule has 0 aromatic heterocycles. The van der Waals surface area contributed by atoms with E-state index in [2.05, 4.69) is 39.9 Å². The molecule has 1 rings (SSSR count). The Morgan fingerprint density at radius 2 is 1.63 bits per heavy atom. The van der Waals surface area contributed by atoms with Crippen LogP contribution in [0.15, 0.2) is 24.3 Å². The van der Waals surface area contributed by atoms with Crippen LogP contribution in [0, 0.1) is 5.92 Å². The maximum atomic E-state index is 10.6. The van der Waals surface area contributed by atoms with Crippen molar-refractivity contribution in [3.05, 3.63) is 29.8 Å². The van der Waals surface area contributed by atoms with Crippen molar-refractivity contribution in [3.8, 4) is 5.75 Å². The lowest BCUT2D eigenvalue weighted by molar-refractivity contribution is 0.0893. The average molecular weight is 265 g/mol. The molecule has 2 atom stereocenters. The molecule has 0 aliphatic rings. The van der Waals surface area contributed by atoms with Crippen LogP contribution in [0.2, 0.25) is 0 Å². The van der Waals surface area contributed by atoms with Crippen LogP contribution in [0.3, 0.4) is 0 Å². The Kier molecular flexibility index (Phi) is 5.39. The maximum Gasteiger partial charge on any atom is 0.118 e. The fourth-order valence-corrected chi connectivity index (χ4v) is 2.12. The lowest BCUT2D eigenvalue weighted by atomic mass is 9.91. The molecule has 0 saturated heterocycles. The van der Waals surface area contributed by atoms with Gasteiger partial charge in [0.15, 0.2) is 0 Å². The predicted molar refractivity (Wildman–Crippen MR) is 79.5 cm³/mol. The van der Waals surface area contributed by atoms with E-state index in [4.69, 9.17) is 4.74 Å². The molecule has 0 bridgehead atoms. The van der Waals surface area contributed by atoms with Crippen molar-refractivity contribution < 1.29 is 9.84 Å². The molecular formula is C16H27NO2. The summed E-state index contributed by atoms with van der Waals surface area (Å²) < 4.78 is 5.14. The zero-order valence-corrected chi connectivity index (χ0v) is 12.9. The van der Waals surface area contributed by atoms with Crippen molar-refractivity contribution in [2.75, 3.05) is 7.11 Å². The molecule has 0 radical (unpaired) electrons. The Balaban J connectivity index is 2.89. The number of rotatable bonds is 5. The smallest absolute Gasteiger partial charge is 0.118 e. The standard InChI is InChI=1S/C16H27NO2/c1-11(2)14(17-16(3,4)5)15(18)12-7-9-13(19-6)10-8-12/h7-11,14-15,17-18H,1-6H3. The second-order valence-corrected chi connectivity index (χ2v) is 6.38. The molecule has 2 unspecified atom stereocenters. The Bertz CT molecular complexity index is 379. The summed E-state index contributed by atoms with van der Waals surface area (Å²) in [4.78, 5) is 0. The lowest BCUT2D eigenvalue weighted by Gasteiger charge is -2.34. The van der Waals surface area contributed by atoms with E-state index >= 15 is 0 Å². The molecule has 1 aromatic carbocycles. The molecule has 3 nitrogen and oxygen atoms in total. The zero-order valence-electron chi connectivity index (χ0n) is 12.9. The fourth-order valence-electron chi connectivity index (χ4n) is 2.12. The van der Waals surface area contributed by atoms with E-state index < -0.39 is 6.10 Å². The molecule has 1 aromatic rings. The molecular weight excluding hydrogens is 238 g/mol. The third kappa shape index (κ3) is 4.84. The summed E-state index contributed by atoms with van der Waals surface area (Å²) in [6.45, 7) is 10.6. The minimum Gasteiger partial charge on any atom is -0.497 e. The van der Waals surface area contributed by atoms with Crippen LogP contribution in [0.5, 0.6) is 5.75 Å². The Morgan fingerprint density at radius 3 is 2.00 bits per heavy atom. The van der Waals surface area contributed by atoms with E-state index in [9.17, 15) is 5.11 Å². The van der Waals surface area contributed by atoms with Gasteiger partial charge >= 0.3 is 0 Å². The second kappa shape index (κ2) is 6.40. The summed E-state index contributed by atoms with van der Waals surface area (Å²) in [5.74, 6) is 1.15. The van der Waals surface area contributed by atoms with Gasteiger partial charge in [0.05, 0.1) is 13.2 Å². The molecule has 108 valence electrons. The first-order valence-electron chi connectivity index (χ1n) is 6.84. The van der Waals surface area contributed by atoms with Crippen LogP contribution in [0.1, 0.15) is 46.3 Å².